The van der Waals surface area contributed by atoms with Crippen LogP contribution in [-0.4, -0.2) is 39.8 Å². The maximum atomic E-state index is 5.68. The van der Waals surface area contributed by atoms with Crippen LogP contribution in [0.15, 0.2) is 18.2 Å². The summed E-state index contributed by atoms with van der Waals surface area (Å²) in [7, 11) is 3.28. The fourth-order valence-corrected chi connectivity index (χ4v) is 2.20. The second-order valence-electron chi connectivity index (χ2n) is 4.84. The summed E-state index contributed by atoms with van der Waals surface area (Å²) in [5.41, 5.74) is 1.15. The summed E-state index contributed by atoms with van der Waals surface area (Å²) in [6, 6.07) is 6.13. The van der Waals surface area contributed by atoms with Crippen molar-refractivity contribution in [3.05, 3.63) is 23.8 Å². The lowest BCUT2D eigenvalue weighted by Gasteiger charge is -2.22. The van der Waals surface area contributed by atoms with Crippen LogP contribution >= 0.6 is 0 Å². The number of hydrogen-bond acceptors (Lipinski definition) is 5. The average molecular weight is 281 g/mol. The molecule has 1 aromatic carbocycles. The van der Waals surface area contributed by atoms with Crippen molar-refractivity contribution in [2.45, 2.75) is 32.2 Å². The normalized spacial score (nSPS) is 16.0. The summed E-state index contributed by atoms with van der Waals surface area (Å²) in [5.74, 6) is 1.65. The van der Waals surface area contributed by atoms with Crippen molar-refractivity contribution < 1.29 is 18.9 Å². The van der Waals surface area contributed by atoms with E-state index in [0.717, 1.165) is 30.0 Å². The molecular formula is C15H23NO4. The van der Waals surface area contributed by atoms with E-state index in [1.807, 2.05) is 25.1 Å². The zero-order valence-corrected chi connectivity index (χ0v) is 12.3. The largest absolute Gasteiger partial charge is 0.490 e. The molecule has 2 rings (SSSR count). The molecule has 0 fully saturated rings. The quantitative estimate of drug-likeness (QED) is 0.808. The van der Waals surface area contributed by atoms with Crippen LogP contribution in [0.3, 0.4) is 0 Å². The number of fused-ring (bicyclic) bond motifs is 1. The fraction of sp³-hybridized carbons (Fsp3) is 0.600. The van der Waals surface area contributed by atoms with Crippen molar-refractivity contribution in [1.82, 2.24) is 5.32 Å². The Morgan fingerprint density at radius 1 is 1.15 bits per heavy atom. The van der Waals surface area contributed by atoms with Crippen LogP contribution in [0.1, 0.15) is 18.9 Å². The van der Waals surface area contributed by atoms with Crippen LogP contribution in [0.5, 0.6) is 11.5 Å². The van der Waals surface area contributed by atoms with E-state index in [1.165, 1.54) is 0 Å². The maximum Gasteiger partial charge on any atom is 0.171 e. The Labute approximate surface area is 120 Å². The lowest BCUT2D eigenvalue weighted by Crippen LogP contribution is -2.39. The molecule has 1 N–H and O–H groups in total. The molecular weight excluding hydrogens is 258 g/mol. The van der Waals surface area contributed by atoms with Gasteiger partial charge in [-0.3, -0.25) is 0 Å². The Bertz CT molecular complexity index is 420. The van der Waals surface area contributed by atoms with Crippen LogP contribution in [0.25, 0.3) is 0 Å². The van der Waals surface area contributed by atoms with E-state index < -0.39 is 0 Å². The standard InChI is InChI=1S/C15H23NO4/c1-11(15(17-2)18-3)16-10-12-5-6-13-14(9-12)20-8-4-7-19-13/h5-6,9,11,15-16H,4,7-8,10H2,1-3H3. The molecule has 1 aromatic rings. The lowest BCUT2D eigenvalue weighted by atomic mass is 10.2. The van der Waals surface area contributed by atoms with Crippen LogP contribution in [-0.2, 0) is 16.0 Å². The van der Waals surface area contributed by atoms with Crippen molar-refractivity contribution >= 4 is 0 Å². The first-order chi connectivity index (χ1) is 9.74. The molecule has 112 valence electrons. The third-order valence-corrected chi connectivity index (χ3v) is 3.31. The first kappa shape index (κ1) is 15.1. The van der Waals surface area contributed by atoms with Crippen molar-refractivity contribution in [3.63, 3.8) is 0 Å². The van der Waals surface area contributed by atoms with Gasteiger partial charge in [0.25, 0.3) is 0 Å². The van der Waals surface area contributed by atoms with E-state index in [1.54, 1.807) is 14.2 Å². The van der Waals surface area contributed by atoms with E-state index in [9.17, 15) is 0 Å². The van der Waals surface area contributed by atoms with Crippen molar-refractivity contribution in [2.75, 3.05) is 27.4 Å². The van der Waals surface area contributed by atoms with E-state index in [2.05, 4.69) is 5.32 Å². The summed E-state index contributed by atoms with van der Waals surface area (Å²) in [6.45, 7) is 4.17. The summed E-state index contributed by atoms with van der Waals surface area (Å²) in [6.07, 6.45) is 0.665. The first-order valence-corrected chi connectivity index (χ1v) is 6.92. The molecule has 20 heavy (non-hydrogen) atoms. The van der Waals surface area contributed by atoms with Gasteiger partial charge in [0.1, 0.15) is 0 Å². The minimum atomic E-state index is -0.254. The number of rotatable bonds is 6. The highest BCUT2D eigenvalue weighted by molar-refractivity contribution is 5.43. The zero-order valence-electron chi connectivity index (χ0n) is 12.3. The van der Waals surface area contributed by atoms with Crippen molar-refractivity contribution in [3.8, 4) is 11.5 Å². The molecule has 1 unspecified atom stereocenters. The van der Waals surface area contributed by atoms with E-state index in [0.29, 0.717) is 13.2 Å². The SMILES string of the molecule is COC(OC)C(C)NCc1ccc2c(c1)OCCCO2. The van der Waals surface area contributed by atoms with Crippen molar-refractivity contribution in [2.24, 2.45) is 0 Å². The predicted octanol–water partition coefficient (Wildman–Crippen LogP) is 1.94. The Kier molecular flexibility index (Phi) is 5.64. The molecule has 0 amide bonds. The Morgan fingerprint density at radius 2 is 1.85 bits per heavy atom. The van der Waals surface area contributed by atoms with Crippen molar-refractivity contribution in [1.29, 1.82) is 0 Å². The Morgan fingerprint density at radius 3 is 2.55 bits per heavy atom. The second kappa shape index (κ2) is 7.47. The molecule has 1 heterocycles. The first-order valence-electron chi connectivity index (χ1n) is 6.92. The number of hydrogen-bond donors (Lipinski definition) is 1. The highest BCUT2D eigenvalue weighted by Crippen LogP contribution is 2.30. The Hall–Kier alpha value is -1.30. The molecule has 0 bridgehead atoms. The summed E-state index contributed by atoms with van der Waals surface area (Å²) in [4.78, 5) is 0. The highest BCUT2D eigenvalue weighted by atomic mass is 16.7. The van der Waals surface area contributed by atoms with Crippen LogP contribution in [0.4, 0.5) is 0 Å². The number of ether oxygens (including phenoxy) is 4. The van der Waals surface area contributed by atoms with Crippen LogP contribution < -0.4 is 14.8 Å². The topological polar surface area (TPSA) is 49.0 Å². The Balaban J connectivity index is 1.95. The number of methoxy groups -OCH3 is 2. The predicted molar refractivity (Wildman–Crippen MR) is 76.2 cm³/mol. The van der Waals surface area contributed by atoms with Gasteiger partial charge >= 0.3 is 0 Å². The molecule has 0 aromatic heterocycles. The molecule has 0 aliphatic carbocycles. The number of nitrogens with one attached hydrogen (secondary N) is 1. The van der Waals surface area contributed by atoms with Gasteiger partial charge in [-0.05, 0) is 24.6 Å². The molecule has 0 radical (unpaired) electrons. The molecule has 1 atom stereocenters. The van der Waals surface area contributed by atoms with Gasteiger partial charge in [-0.2, -0.15) is 0 Å². The zero-order chi connectivity index (χ0) is 14.4. The third kappa shape index (κ3) is 3.85. The van der Waals surface area contributed by atoms with Crippen LogP contribution in [0.2, 0.25) is 0 Å². The summed E-state index contributed by atoms with van der Waals surface area (Å²) in [5, 5.41) is 3.38. The third-order valence-electron chi connectivity index (χ3n) is 3.31. The minimum absolute atomic E-state index is 0.0981. The average Bonchev–Trinajstić information content (AvgIpc) is 2.71. The second-order valence-corrected chi connectivity index (χ2v) is 4.84. The van der Waals surface area contributed by atoms with Gasteiger partial charge in [0.15, 0.2) is 17.8 Å². The van der Waals surface area contributed by atoms with Gasteiger partial charge in [0.2, 0.25) is 0 Å². The molecule has 0 saturated heterocycles. The van der Waals surface area contributed by atoms with E-state index in [-0.39, 0.29) is 12.3 Å². The maximum absolute atomic E-state index is 5.68. The van der Waals surface area contributed by atoms with Crippen LogP contribution in [0, 0.1) is 0 Å². The van der Waals surface area contributed by atoms with Gasteiger partial charge < -0.3 is 24.3 Å². The van der Waals surface area contributed by atoms with Gasteiger partial charge in [0, 0.05) is 27.2 Å². The lowest BCUT2D eigenvalue weighted by molar-refractivity contribution is -0.119. The number of benzene rings is 1. The molecule has 0 spiro atoms. The molecule has 5 heteroatoms. The highest BCUT2D eigenvalue weighted by Gasteiger charge is 2.15. The van der Waals surface area contributed by atoms with Gasteiger partial charge in [-0.15, -0.1) is 0 Å². The molecule has 5 nitrogen and oxygen atoms in total. The van der Waals surface area contributed by atoms with Gasteiger partial charge in [0.05, 0.1) is 19.3 Å². The molecule has 1 aliphatic heterocycles. The van der Waals surface area contributed by atoms with E-state index >= 15 is 0 Å². The fourth-order valence-electron chi connectivity index (χ4n) is 2.20. The monoisotopic (exact) mass is 281 g/mol. The summed E-state index contributed by atoms with van der Waals surface area (Å²) < 4.78 is 21.8. The van der Waals surface area contributed by atoms with Gasteiger partial charge in [-0.1, -0.05) is 6.07 Å². The minimum Gasteiger partial charge on any atom is -0.490 e. The molecule has 1 aliphatic rings. The van der Waals surface area contributed by atoms with Gasteiger partial charge in [-0.25, -0.2) is 0 Å². The smallest absolute Gasteiger partial charge is 0.171 e. The van der Waals surface area contributed by atoms with E-state index in [4.69, 9.17) is 18.9 Å². The molecule has 0 saturated carbocycles. The summed E-state index contributed by atoms with van der Waals surface area (Å²) >= 11 is 0.